The van der Waals surface area contributed by atoms with Crippen molar-refractivity contribution < 1.29 is 23.3 Å². The van der Waals surface area contributed by atoms with Crippen LogP contribution in [0.2, 0.25) is 0 Å². The average Bonchev–Trinajstić information content (AvgIpc) is 3.30. The van der Waals surface area contributed by atoms with Crippen LogP contribution in [0, 0.1) is 17.3 Å². The van der Waals surface area contributed by atoms with E-state index in [4.69, 9.17) is 13.7 Å². The first-order valence-corrected chi connectivity index (χ1v) is 9.42. The Morgan fingerprint density at radius 2 is 2.00 bits per heavy atom. The number of methoxy groups -OCH3 is 1. The molecule has 0 radical (unpaired) electrons. The van der Waals surface area contributed by atoms with Crippen molar-refractivity contribution in [2.75, 3.05) is 7.11 Å². The first-order valence-electron chi connectivity index (χ1n) is 9.42. The van der Waals surface area contributed by atoms with Gasteiger partial charge in [-0.25, -0.2) is 0 Å². The first-order chi connectivity index (χ1) is 13.0. The second-order valence-electron chi connectivity index (χ2n) is 8.52. The van der Waals surface area contributed by atoms with Gasteiger partial charge in [-0.2, -0.15) is 0 Å². The van der Waals surface area contributed by atoms with Crippen LogP contribution in [-0.2, 0) is 9.53 Å². The van der Waals surface area contributed by atoms with Crippen molar-refractivity contribution in [3.05, 3.63) is 30.2 Å². The van der Waals surface area contributed by atoms with Crippen LogP contribution in [0.15, 0.2) is 33.4 Å². The van der Waals surface area contributed by atoms with E-state index in [0.717, 1.165) is 32.1 Å². The lowest BCUT2D eigenvalue weighted by Crippen LogP contribution is -2.64. The molecule has 7 heteroatoms. The number of rotatable bonds is 4. The average molecular weight is 370 g/mol. The fourth-order valence-electron chi connectivity index (χ4n) is 6.09. The van der Waals surface area contributed by atoms with Gasteiger partial charge in [0.15, 0.2) is 11.5 Å². The summed E-state index contributed by atoms with van der Waals surface area (Å²) in [6, 6.07) is 5.09. The predicted molar refractivity (Wildman–Crippen MR) is 93.5 cm³/mol. The Morgan fingerprint density at radius 1 is 1.22 bits per heavy atom. The molecule has 2 aromatic rings. The van der Waals surface area contributed by atoms with Gasteiger partial charge < -0.3 is 19.0 Å². The molecule has 1 amide bonds. The van der Waals surface area contributed by atoms with E-state index >= 15 is 0 Å². The fourth-order valence-corrected chi connectivity index (χ4v) is 6.09. The van der Waals surface area contributed by atoms with Crippen molar-refractivity contribution in [1.82, 2.24) is 10.5 Å². The molecule has 6 rings (SSSR count). The van der Waals surface area contributed by atoms with Crippen molar-refractivity contribution in [2.24, 2.45) is 17.3 Å². The summed E-state index contributed by atoms with van der Waals surface area (Å²) in [4.78, 5) is 25.4. The number of nitrogens with one attached hydrogen (secondary N) is 1. The second kappa shape index (κ2) is 5.71. The highest BCUT2D eigenvalue weighted by Crippen LogP contribution is 2.62. The minimum Gasteiger partial charge on any atom is -0.469 e. The third-order valence-electron chi connectivity index (χ3n) is 6.57. The van der Waals surface area contributed by atoms with Crippen LogP contribution in [0.5, 0.6) is 0 Å². The zero-order chi connectivity index (χ0) is 18.6. The number of hydrogen-bond acceptors (Lipinski definition) is 6. The normalized spacial score (nSPS) is 33.8. The Hall–Kier alpha value is -2.57. The van der Waals surface area contributed by atoms with E-state index in [2.05, 4.69) is 10.5 Å². The number of aromatic nitrogens is 1. The van der Waals surface area contributed by atoms with E-state index in [9.17, 15) is 9.59 Å². The minimum atomic E-state index is -0.449. The van der Waals surface area contributed by atoms with E-state index in [-0.39, 0.29) is 23.1 Å². The van der Waals surface area contributed by atoms with Gasteiger partial charge in [-0.05, 0) is 62.5 Å². The van der Waals surface area contributed by atoms with Gasteiger partial charge in [0.25, 0.3) is 5.91 Å². The maximum atomic E-state index is 12.9. The molecule has 27 heavy (non-hydrogen) atoms. The summed E-state index contributed by atoms with van der Waals surface area (Å²) in [5.74, 6) is 1.47. The van der Waals surface area contributed by atoms with E-state index in [1.807, 2.05) is 0 Å². The van der Waals surface area contributed by atoms with Crippen molar-refractivity contribution in [1.29, 1.82) is 0 Å². The van der Waals surface area contributed by atoms with Crippen molar-refractivity contribution >= 4 is 11.9 Å². The van der Waals surface area contributed by atoms with E-state index < -0.39 is 5.41 Å². The van der Waals surface area contributed by atoms with Gasteiger partial charge in [0.2, 0.25) is 5.76 Å². The molecule has 142 valence electrons. The number of amides is 1. The topological polar surface area (TPSA) is 94.6 Å². The third kappa shape index (κ3) is 2.59. The van der Waals surface area contributed by atoms with E-state index in [1.54, 1.807) is 24.5 Å². The molecule has 0 aliphatic heterocycles. The Morgan fingerprint density at radius 3 is 2.67 bits per heavy atom. The van der Waals surface area contributed by atoms with Crippen LogP contribution in [0.1, 0.15) is 49.0 Å². The van der Waals surface area contributed by atoms with Crippen LogP contribution in [-0.4, -0.2) is 29.7 Å². The molecule has 0 aromatic carbocycles. The molecule has 4 bridgehead atoms. The highest BCUT2D eigenvalue weighted by atomic mass is 16.5. The zero-order valence-corrected chi connectivity index (χ0v) is 15.2. The molecule has 4 saturated carbocycles. The largest absolute Gasteiger partial charge is 0.469 e. The summed E-state index contributed by atoms with van der Waals surface area (Å²) in [5, 5.41) is 7.10. The van der Waals surface area contributed by atoms with Gasteiger partial charge in [0.05, 0.1) is 18.8 Å². The van der Waals surface area contributed by atoms with Crippen molar-refractivity contribution in [3.8, 4) is 11.5 Å². The van der Waals surface area contributed by atoms with Crippen molar-refractivity contribution in [3.63, 3.8) is 0 Å². The van der Waals surface area contributed by atoms with E-state index in [0.29, 0.717) is 29.8 Å². The summed E-state index contributed by atoms with van der Waals surface area (Å²) in [7, 11) is 1.46. The Bertz CT molecular complexity index is 870. The molecule has 0 spiro atoms. The highest BCUT2D eigenvalue weighted by Gasteiger charge is 2.61. The van der Waals surface area contributed by atoms with Crippen LogP contribution >= 0.6 is 0 Å². The minimum absolute atomic E-state index is 0.128. The lowest BCUT2D eigenvalue weighted by Gasteiger charge is -2.60. The molecular formula is C20H22N2O5. The summed E-state index contributed by atoms with van der Waals surface area (Å²) >= 11 is 0. The molecule has 4 aliphatic carbocycles. The Kier molecular flexibility index (Phi) is 3.51. The maximum absolute atomic E-state index is 12.9. The predicted octanol–water partition coefficient (Wildman–Crippen LogP) is 3.18. The summed E-state index contributed by atoms with van der Waals surface area (Å²) in [6.45, 7) is 0. The van der Waals surface area contributed by atoms with Crippen LogP contribution < -0.4 is 5.32 Å². The van der Waals surface area contributed by atoms with Gasteiger partial charge in [-0.3, -0.25) is 9.59 Å². The SMILES string of the molecule is COC(=O)C12C[C@@H]3C[C@H](CC(NC(=O)c4cc(-c5ccco5)on4)(C3)C1)C2. The number of nitrogens with zero attached hydrogens (tertiary/aromatic N) is 1. The molecule has 2 aromatic heterocycles. The maximum Gasteiger partial charge on any atom is 0.311 e. The Balaban J connectivity index is 1.39. The lowest BCUT2D eigenvalue weighted by molar-refractivity contribution is -0.171. The standard InChI is InChI=1S/C20H22N2O5/c1-25-18(24)19-7-12-5-13(8-19)10-20(9-12,11-19)21-17(23)14-6-16(27-22-14)15-3-2-4-26-15/h2-4,6,12-13H,5,7-11H2,1H3,(H,21,23)/t12-,13-,19?,20?/m0/s1. The molecule has 1 N–H and O–H groups in total. The molecule has 7 nitrogen and oxygen atoms in total. The van der Waals surface area contributed by atoms with Gasteiger partial charge in [0.1, 0.15) is 0 Å². The monoisotopic (exact) mass is 370 g/mol. The number of esters is 1. The summed E-state index contributed by atoms with van der Waals surface area (Å²) in [6.07, 6.45) is 6.91. The van der Waals surface area contributed by atoms with Crippen LogP contribution in [0.4, 0.5) is 0 Å². The number of carbonyl (C=O) groups excluding carboxylic acids is 2. The molecular weight excluding hydrogens is 348 g/mol. The fraction of sp³-hybridized carbons (Fsp3) is 0.550. The molecule has 2 atom stereocenters. The molecule has 0 unspecified atom stereocenters. The molecule has 4 fully saturated rings. The number of hydrogen-bond donors (Lipinski definition) is 1. The smallest absolute Gasteiger partial charge is 0.311 e. The number of ether oxygens (including phenoxy) is 1. The van der Waals surface area contributed by atoms with Gasteiger partial charge in [-0.15, -0.1) is 0 Å². The second-order valence-corrected chi connectivity index (χ2v) is 8.52. The van der Waals surface area contributed by atoms with Crippen LogP contribution in [0.3, 0.4) is 0 Å². The highest BCUT2D eigenvalue weighted by molar-refractivity contribution is 5.93. The van der Waals surface area contributed by atoms with Crippen molar-refractivity contribution in [2.45, 2.75) is 44.1 Å². The zero-order valence-electron chi connectivity index (χ0n) is 15.2. The third-order valence-corrected chi connectivity index (χ3v) is 6.57. The summed E-state index contributed by atoms with van der Waals surface area (Å²) < 4.78 is 15.7. The molecule has 4 aliphatic rings. The quantitative estimate of drug-likeness (QED) is 0.831. The van der Waals surface area contributed by atoms with Crippen LogP contribution in [0.25, 0.3) is 11.5 Å². The van der Waals surface area contributed by atoms with Gasteiger partial charge in [0, 0.05) is 11.6 Å². The molecule has 0 saturated heterocycles. The first kappa shape index (κ1) is 16.6. The van der Waals surface area contributed by atoms with Gasteiger partial charge in [-0.1, -0.05) is 5.16 Å². The molecule has 2 heterocycles. The number of carbonyl (C=O) groups is 2. The Labute approximate surface area is 156 Å². The van der Waals surface area contributed by atoms with E-state index in [1.165, 1.54) is 7.11 Å². The summed E-state index contributed by atoms with van der Waals surface area (Å²) in [5.41, 5.74) is -0.585. The number of furan rings is 1. The van der Waals surface area contributed by atoms with Gasteiger partial charge >= 0.3 is 5.97 Å². The lowest BCUT2D eigenvalue weighted by atomic mass is 9.47.